The summed E-state index contributed by atoms with van der Waals surface area (Å²) in [5.41, 5.74) is 2.17. The summed E-state index contributed by atoms with van der Waals surface area (Å²) in [6, 6.07) is 13.4. The SMILES string of the molecule is CCCCCCCCCCCCN(c1cccc(OCNc2cccc(-n3c(=S)[nH][nH]c3=S)c2)c1)C(CNS(C)(=O)=O)C(=O)[O-]. The molecule has 4 N–H and O–H groups in total. The van der Waals surface area contributed by atoms with E-state index < -0.39 is 22.0 Å². The molecule has 3 aromatic rings. The molecule has 0 amide bonds. The molecule has 14 heteroatoms. The number of nitrogens with zero attached hydrogens (tertiary/aromatic N) is 2. The third-order valence-corrected chi connectivity index (χ3v) is 8.65. The topological polar surface area (TPSA) is 147 Å². The van der Waals surface area contributed by atoms with Gasteiger partial charge in [0.1, 0.15) is 5.75 Å². The maximum atomic E-state index is 12.2. The standard InChI is InChI=1S/C31H46N6O5S3/c1-3-4-5-6-7-8-9-10-11-12-19-36(28(29(38)39)22-33-45(2,40)41)25-16-14-18-27(21-25)42-23-32-24-15-13-17-26(20-24)37-30(43)34-35-31(37)44/h13-18,20-21,28,32-33H,3-12,19,22-23H2,1-2H3,(H,34,43)(H,35,44)(H,38,39)/p-1. The van der Waals surface area contributed by atoms with Crippen LogP contribution in [0.1, 0.15) is 71.1 Å². The number of carbonyl (C=O) groups excluding carboxylic acids is 1. The van der Waals surface area contributed by atoms with E-state index in [1.165, 1.54) is 38.5 Å². The number of carboxylic acids is 1. The van der Waals surface area contributed by atoms with Crippen LogP contribution >= 0.6 is 24.4 Å². The molecule has 0 saturated carbocycles. The quantitative estimate of drug-likeness (QED) is 0.0621. The van der Waals surface area contributed by atoms with Gasteiger partial charge in [-0.15, -0.1) is 0 Å². The van der Waals surface area contributed by atoms with Crippen LogP contribution < -0.4 is 24.8 Å². The number of anilines is 2. The second kappa shape index (κ2) is 18.7. The van der Waals surface area contributed by atoms with Crippen molar-refractivity contribution in [3.05, 3.63) is 58.1 Å². The van der Waals surface area contributed by atoms with Crippen molar-refractivity contribution in [3.8, 4) is 11.4 Å². The molecule has 0 aliphatic heterocycles. The number of aromatic amines is 2. The molecule has 1 aromatic heterocycles. The van der Waals surface area contributed by atoms with E-state index in [1.54, 1.807) is 33.7 Å². The molecule has 1 atom stereocenters. The summed E-state index contributed by atoms with van der Waals surface area (Å²) >= 11 is 10.6. The lowest BCUT2D eigenvalue weighted by Crippen LogP contribution is -2.54. The number of aromatic nitrogens is 3. The summed E-state index contributed by atoms with van der Waals surface area (Å²) in [6.45, 7) is 2.47. The van der Waals surface area contributed by atoms with Gasteiger partial charge in [-0.2, -0.15) is 0 Å². The Balaban J connectivity index is 1.64. The van der Waals surface area contributed by atoms with E-state index in [0.29, 0.717) is 27.5 Å². The van der Waals surface area contributed by atoms with E-state index in [4.69, 9.17) is 29.2 Å². The number of ether oxygens (including phenoxy) is 1. The number of hydrogen-bond acceptors (Lipinski definition) is 9. The average Bonchev–Trinajstić information content (AvgIpc) is 3.34. The zero-order chi connectivity index (χ0) is 32.7. The number of rotatable bonds is 22. The molecule has 11 nitrogen and oxygen atoms in total. The predicted octanol–water partition coefficient (Wildman–Crippen LogP) is 5.44. The number of carboxylic acid groups (broad SMARTS) is 1. The van der Waals surface area contributed by atoms with Gasteiger partial charge in [0.25, 0.3) is 0 Å². The fraction of sp³-hybridized carbons (Fsp3) is 0.516. The largest absolute Gasteiger partial charge is 0.548 e. The van der Waals surface area contributed by atoms with Crippen molar-refractivity contribution in [1.29, 1.82) is 0 Å². The number of nitrogens with one attached hydrogen (secondary N) is 4. The van der Waals surface area contributed by atoms with Gasteiger partial charge in [-0.1, -0.05) is 76.8 Å². The summed E-state index contributed by atoms with van der Waals surface area (Å²) in [7, 11) is -3.60. The van der Waals surface area contributed by atoms with Crippen LogP contribution in [0.4, 0.5) is 11.4 Å². The summed E-state index contributed by atoms with van der Waals surface area (Å²) in [4.78, 5) is 13.9. The van der Waals surface area contributed by atoms with Gasteiger partial charge >= 0.3 is 0 Å². The Hall–Kier alpha value is -3.20. The van der Waals surface area contributed by atoms with Crippen LogP contribution in [0.15, 0.2) is 48.5 Å². The molecule has 248 valence electrons. The average molecular weight is 678 g/mol. The van der Waals surface area contributed by atoms with Gasteiger partial charge < -0.3 is 24.9 Å². The smallest absolute Gasteiger partial charge is 0.208 e. The van der Waals surface area contributed by atoms with Gasteiger partial charge in [-0.25, -0.2) is 13.1 Å². The predicted molar refractivity (Wildman–Crippen MR) is 183 cm³/mol. The van der Waals surface area contributed by atoms with Crippen molar-refractivity contribution in [2.75, 3.05) is 36.3 Å². The van der Waals surface area contributed by atoms with E-state index in [0.717, 1.165) is 43.3 Å². The fourth-order valence-corrected chi connectivity index (χ4v) is 6.05. The van der Waals surface area contributed by atoms with Gasteiger partial charge in [0.15, 0.2) is 16.3 Å². The van der Waals surface area contributed by atoms with Crippen molar-refractivity contribution in [2.45, 2.75) is 77.2 Å². The molecule has 0 fully saturated rings. The van der Waals surface area contributed by atoms with Crippen LogP contribution in [0.5, 0.6) is 5.75 Å². The number of benzene rings is 2. The highest BCUT2D eigenvalue weighted by molar-refractivity contribution is 7.88. The van der Waals surface area contributed by atoms with E-state index in [1.807, 2.05) is 24.3 Å². The van der Waals surface area contributed by atoms with Crippen LogP contribution in [0.25, 0.3) is 5.69 Å². The van der Waals surface area contributed by atoms with Crippen molar-refractivity contribution < 1.29 is 23.1 Å². The molecule has 1 heterocycles. The highest BCUT2D eigenvalue weighted by atomic mass is 32.2. The Morgan fingerprint density at radius 1 is 0.956 bits per heavy atom. The lowest BCUT2D eigenvalue weighted by molar-refractivity contribution is -0.307. The van der Waals surface area contributed by atoms with Gasteiger partial charge in [0, 0.05) is 30.5 Å². The first-order valence-electron chi connectivity index (χ1n) is 15.5. The van der Waals surface area contributed by atoms with Crippen LogP contribution in [0, 0.1) is 9.54 Å². The van der Waals surface area contributed by atoms with Crippen molar-refractivity contribution in [2.24, 2.45) is 0 Å². The van der Waals surface area contributed by atoms with Crippen LogP contribution in [-0.4, -0.2) is 61.3 Å². The number of sulfonamides is 1. The van der Waals surface area contributed by atoms with Crippen molar-refractivity contribution in [3.63, 3.8) is 0 Å². The Bertz CT molecular complexity index is 1540. The molecule has 0 saturated heterocycles. The second-order valence-electron chi connectivity index (χ2n) is 11.0. The number of H-pyrrole nitrogens is 2. The molecular formula is C31H45N6O5S3-. The normalized spacial score (nSPS) is 12.1. The molecular weight excluding hydrogens is 633 g/mol. The van der Waals surface area contributed by atoms with Gasteiger partial charge in [0.05, 0.1) is 24.0 Å². The third-order valence-electron chi connectivity index (χ3n) is 7.39. The van der Waals surface area contributed by atoms with Crippen molar-refractivity contribution >= 4 is 51.8 Å². The van der Waals surface area contributed by atoms with Crippen LogP contribution in [0.3, 0.4) is 0 Å². The molecule has 0 bridgehead atoms. The van der Waals surface area contributed by atoms with Gasteiger partial charge in [-0.3, -0.25) is 14.8 Å². The summed E-state index contributed by atoms with van der Waals surface area (Å²) in [5, 5.41) is 21.1. The third kappa shape index (κ3) is 12.6. The summed E-state index contributed by atoms with van der Waals surface area (Å²) in [6.07, 6.45) is 12.5. The molecule has 1 unspecified atom stereocenters. The monoisotopic (exact) mass is 677 g/mol. The molecule has 0 aliphatic carbocycles. The van der Waals surface area contributed by atoms with Crippen LogP contribution in [-0.2, 0) is 14.8 Å². The summed E-state index contributed by atoms with van der Waals surface area (Å²) < 4.78 is 34.5. The Labute approximate surface area is 276 Å². The Kier molecular flexibility index (Phi) is 15.1. The zero-order valence-corrected chi connectivity index (χ0v) is 28.5. The Morgan fingerprint density at radius 3 is 2.20 bits per heavy atom. The molecule has 2 aromatic carbocycles. The molecule has 45 heavy (non-hydrogen) atoms. The lowest BCUT2D eigenvalue weighted by Gasteiger charge is -2.34. The minimum absolute atomic E-state index is 0.135. The first-order valence-corrected chi connectivity index (χ1v) is 18.2. The minimum atomic E-state index is -3.60. The van der Waals surface area contributed by atoms with E-state index in [-0.39, 0.29) is 13.3 Å². The number of carbonyl (C=O) groups is 1. The molecule has 0 radical (unpaired) electrons. The zero-order valence-electron chi connectivity index (χ0n) is 26.0. The van der Waals surface area contributed by atoms with Gasteiger partial charge in [-0.05, 0) is 61.2 Å². The minimum Gasteiger partial charge on any atom is -0.548 e. The first-order chi connectivity index (χ1) is 21.6. The highest BCUT2D eigenvalue weighted by Crippen LogP contribution is 2.25. The van der Waals surface area contributed by atoms with Crippen LogP contribution in [0.2, 0.25) is 0 Å². The maximum Gasteiger partial charge on any atom is 0.208 e. The number of unbranched alkanes of at least 4 members (excludes halogenated alkanes) is 9. The highest BCUT2D eigenvalue weighted by Gasteiger charge is 2.22. The van der Waals surface area contributed by atoms with E-state index >= 15 is 0 Å². The van der Waals surface area contributed by atoms with E-state index in [9.17, 15) is 18.3 Å². The molecule has 0 aliphatic rings. The Morgan fingerprint density at radius 2 is 1.58 bits per heavy atom. The van der Waals surface area contributed by atoms with Gasteiger partial charge in [0.2, 0.25) is 10.0 Å². The molecule has 3 rings (SSSR count). The second-order valence-corrected chi connectivity index (χ2v) is 13.6. The first kappa shape index (κ1) is 36.3. The van der Waals surface area contributed by atoms with Crippen molar-refractivity contribution in [1.82, 2.24) is 19.5 Å². The maximum absolute atomic E-state index is 12.2. The lowest BCUT2D eigenvalue weighted by atomic mass is 10.1. The number of aliphatic carboxylic acids is 1. The number of hydrogen-bond donors (Lipinski definition) is 4. The fourth-order valence-electron chi connectivity index (χ4n) is 5.04. The van der Waals surface area contributed by atoms with E-state index in [2.05, 4.69) is 27.2 Å². The molecule has 0 spiro atoms. The summed E-state index contributed by atoms with van der Waals surface area (Å²) in [5.74, 6) is -0.832.